The summed E-state index contributed by atoms with van der Waals surface area (Å²) in [4.78, 5) is 3.70. The minimum atomic E-state index is -0.241. The number of pyridine rings is 1. The molecule has 1 nitrogen and oxygen atoms in total. The van der Waals surface area contributed by atoms with Gasteiger partial charge in [-0.25, -0.2) is 4.39 Å². The first-order valence-electron chi connectivity index (χ1n) is 3.42. The number of hydrogen-bond acceptors (Lipinski definition) is 1. The second-order valence-electron chi connectivity index (χ2n) is 2.67. The molecule has 3 heteroatoms. The highest BCUT2D eigenvalue weighted by atomic mass is 79.9. The SMILES string of the molecule is CC(C)c1c(F)cncc1Br. The van der Waals surface area contributed by atoms with Crippen LogP contribution < -0.4 is 0 Å². The van der Waals surface area contributed by atoms with Gasteiger partial charge in [0.1, 0.15) is 5.82 Å². The Morgan fingerprint density at radius 1 is 1.45 bits per heavy atom. The van der Waals surface area contributed by atoms with E-state index < -0.39 is 0 Å². The molecule has 0 fully saturated rings. The fraction of sp³-hybridized carbons (Fsp3) is 0.375. The molecule has 0 atom stereocenters. The third-order valence-corrected chi connectivity index (χ3v) is 2.10. The van der Waals surface area contributed by atoms with Crippen molar-refractivity contribution >= 4 is 15.9 Å². The van der Waals surface area contributed by atoms with Crippen molar-refractivity contribution in [1.29, 1.82) is 0 Å². The van der Waals surface area contributed by atoms with Gasteiger partial charge in [-0.1, -0.05) is 13.8 Å². The first kappa shape index (κ1) is 8.65. The lowest BCUT2D eigenvalue weighted by Crippen LogP contribution is -1.95. The monoisotopic (exact) mass is 217 g/mol. The van der Waals surface area contributed by atoms with Crippen LogP contribution in [0.25, 0.3) is 0 Å². The molecule has 0 unspecified atom stereocenters. The third-order valence-electron chi connectivity index (χ3n) is 1.47. The molecule has 1 aromatic rings. The molecular formula is C8H9BrFN. The molecule has 1 heterocycles. The minimum Gasteiger partial charge on any atom is -0.260 e. The van der Waals surface area contributed by atoms with E-state index >= 15 is 0 Å². The van der Waals surface area contributed by atoms with Gasteiger partial charge in [0.05, 0.1) is 6.20 Å². The molecule has 0 spiro atoms. The molecule has 11 heavy (non-hydrogen) atoms. The summed E-state index contributed by atoms with van der Waals surface area (Å²) in [7, 11) is 0. The van der Waals surface area contributed by atoms with Crippen LogP contribution in [0.5, 0.6) is 0 Å². The van der Waals surface area contributed by atoms with Crippen LogP contribution in [-0.4, -0.2) is 4.98 Å². The Bertz CT molecular complexity index is 240. The molecular weight excluding hydrogens is 209 g/mol. The van der Waals surface area contributed by atoms with E-state index in [4.69, 9.17) is 0 Å². The lowest BCUT2D eigenvalue weighted by atomic mass is 10.1. The van der Waals surface area contributed by atoms with E-state index in [1.54, 1.807) is 6.20 Å². The van der Waals surface area contributed by atoms with Crippen molar-refractivity contribution in [2.24, 2.45) is 0 Å². The maximum Gasteiger partial charge on any atom is 0.146 e. The van der Waals surface area contributed by atoms with Crippen LogP contribution in [0.15, 0.2) is 16.9 Å². The average molecular weight is 218 g/mol. The van der Waals surface area contributed by atoms with Gasteiger partial charge in [0.25, 0.3) is 0 Å². The Hall–Kier alpha value is -0.440. The standard InChI is InChI=1S/C8H9BrFN/c1-5(2)8-6(9)3-11-4-7(8)10/h3-5H,1-2H3. The van der Waals surface area contributed by atoms with Crippen LogP contribution in [0.4, 0.5) is 4.39 Å². The fourth-order valence-corrected chi connectivity index (χ4v) is 1.74. The molecule has 0 aliphatic rings. The minimum absolute atomic E-state index is 0.187. The summed E-state index contributed by atoms with van der Waals surface area (Å²) in [6.07, 6.45) is 2.85. The molecule has 0 N–H and O–H groups in total. The molecule has 60 valence electrons. The van der Waals surface area contributed by atoms with Gasteiger partial charge in [-0.3, -0.25) is 4.98 Å². The summed E-state index contributed by atoms with van der Waals surface area (Å²) in [5, 5.41) is 0. The molecule has 1 aromatic heterocycles. The van der Waals surface area contributed by atoms with Crippen molar-refractivity contribution in [1.82, 2.24) is 4.98 Å². The summed E-state index contributed by atoms with van der Waals surface area (Å²) in [6.45, 7) is 3.90. The summed E-state index contributed by atoms with van der Waals surface area (Å²) < 4.78 is 13.8. The third kappa shape index (κ3) is 1.77. The molecule has 0 aliphatic heterocycles. The molecule has 0 radical (unpaired) electrons. The van der Waals surface area contributed by atoms with E-state index in [9.17, 15) is 4.39 Å². The largest absolute Gasteiger partial charge is 0.260 e. The Labute approximate surface area is 73.8 Å². The number of hydrogen-bond donors (Lipinski definition) is 0. The zero-order chi connectivity index (χ0) is 8.43. The molecule has 0 aliphatic carbocycles. The maximum absolute atomic E-state index is 13.0. The van der Waals surface area contributed by atoms with Crippen LogP contribution in [0.1, 0.15) is 25.3 Å². The maximum atomic E-state index is 13.0. The van der Waals surface area contributed by atoms with Crippen molar-refractivity contribution < 1.29 is 4.39 Å². The van der Waals surface area contributed by atoms with Gasteiger partial charge in [-0.2, -0.15) is 0 Å². The summed E-state index contributed by atoms with van der Waals surface area (Å²) >= 11 is 3.25. The zero-order valence-electron chi connectivity index (χ0n) is 6.44. The Morgan fingerprint density at radius 2 is 2.09 bits per heavy atom. The topological polar surface area (TPSA) is 12.9 Å². The number of aromatic nitrogens is 1. The van der Waals surface area contributed by atoms with Crippen molar-refractivity contribution in [3.63, 3.8) is 0 Å². The quantitative estimate of drug-likeness (QED) is 0.705. The van der Waals surface area contributed by atoms with E-state index in [2.05, 4.69) is 20.9 Å². The van der Waals surface area contributed by atoms with Gasteiger partial charge in [-0.05, 0) is 21.8 Å². The van der Waals surface area contributed by atoms with Gasteiger partial charge in [-0.15, -0.1) is 0 Å². The molecule has 0 saturated carbocycles. The lowest BCUT2D eigenvalue weighted by molar-refractivity contribution is 0.590. The molecule has 1 rings (SSSR count). The number of halogens is 2. The Balaban J connectivity index is 3.21. The zero-order valence-corrected chi connectivity index (χ0v) is 8.02. The van der Waals surface area contributed by atoms with Crippen molar-refractivity contribution in [2.75, 3.05) is 0 Å². The van der Waals surface area contributed by atoms with E-state index in [0.717, 1.165) is 4.47 Å². The van der Waals surface area contributed by atoms with Crippen LogP contribution in [0.3, 0.4) is 0 Å². The summed E-state index contributed by atoms with van der Waals surface area (Å²) in [6, 6.07) is 0. The number of nitrogens with zero attached hydrogens (tertiary/aromatic N) is 1. The number of rotatable bonds is 1. The Kier molecular flexibility index (Phi) is 2.60. The molecule has 0 aromatic carbocycles. The van der Waals surface area contributed by atoms with Crippen LogP contribution in [0, 0.1) is 5.82 Å². The van der Waals surface area contributed by atoms with Crippen molar-refractivity contribution in [2.45, 2.75) is 19.8 Å². The fourth-order valence-electron chi connectivity index (χ4n) is 0.973. The average Bonchev–Trinajstić information content (AvgIpc) is 1.85. The van der Waals surface area contributed by atoms with Gasteiger partial charge in [0.15, 0.2) is 0 Å². The summed E-state index contributed by atoms with van der Waals surface area (Å²) in [5.74, 6) is -0.0539. The molecule has 0 saturated heterocycles. The second kappa shape index (κ2) is 3.30. The highest BCUT2D eigenvalue weighted by Gasteiger charge is 2.09. The van der Waals surface area contributed by atoms with Gasteiger partial charge >= 0.3 is 0 Å². The van der Waals surface area contributed by atoms with Crippen molar-refractivity contribution in [3.8, 4) is 0 Å². The van der Waals surface area contributed by atoms with E-state index in [-0.39, 0.29) is 11.7 Å². The lowest BCUT2D eigenvalue weighted by Gasteiger charge is -2.07. The van der Waals surface area contributed by atoms with E-state index in [1.165, 1.54) is 6.20 Å². The normalized spacial score (nSPS) is 10.6. The van der Waals surface area contributed by atoms with Crippen LogP contribution >= 0.6 is 15.9 Å². The van der Waals surface area contributed by atoms with Crippen LogP contribution in [0.2, 0.25) is 0 Å². The van der Waals surface area contributed by atoms with Gasteiger partial charge in [0.2, 0.25) is 0 Å². The predicted octanol–water partition coefficient (Wildman–Crippen LogP) is 3.11. The Morgan fingerprint density at radius 3 is 2.45 bits per heavy atom. The van der Waals surface area contributed by atoms with Gasteiger partial charge < -0.3 is 0 Å². The summed E-state index contributed by atoms with van der Waals surface area (Å²) in [5.41, 5.74) is 0.694. The first-order chi connectivity index (χ1) is 5.13. The highest BCUT2D eigenvalue weighted by Crippen LogP contribution is 2.25. The first-order valence-corrected chi connectivity index (χ1v) is 4.21. The second-order valence-corrected chi connectivity index (χ2v) is 3.53. The highest BCUT2D eigenvalue weighted by molar-refractivity contribution is 9.10. The van der Waals surface area contributed by atoms with E-state index in [0.29, 0.717) is 5.56 Å². The smallest absolute Gasteiger partial charge is 0.146 e. The predicted molar refractivity (Wildman–Crippen MR) is 46.0 cm³/mol. The van der Waals surface area contributed by atoms with E-state index in [1.807, 2.05) is 13.8 Å². The molecule has 0 amide bonds. The molecule has 0 bridgehead atoms. The van der Waals surface area contributed by atoms with Crippen LogP contribution in [-0.2, 0) is 0 Å². The van der Waals surface area contributed by atoms with Gasteiger partial charge in [0, 0.05) is 16.2 Å². The van der Waals surface area contributed by atoms with Crippen molar-refractivity contribution in [3.05, 3.63) is 28.2 Å².